The van der Waals surface area contributed by atoms with E-state index in [2.05, 4.69) is 0 Å². The fourth-order valence-electron chi connectivity index (χ4n) is 4.27. The minimum absolute atomic E-state index is 0.332. The van der Waals surface area contributed by atoms with E-state index < -0.39 is 35.8 Å². The summed E-state index contributed by atoms with van der Waals surface area (Å²) in [4.78, 5) is 0. The maximum absolute atomic E-state index is 12.1. The first-order valence-electron chi connectivity index (χ1n) is 11.7. The lowest BCUT2D eigenvalue weighted by Crippen LogP contribution is -2.50. The van der Waals surface area contributed by atoms with Crippen molar-refractivity contribution in [2.45, 2.75) is 44.2 Å². The molecule has 1 saturated heterocycles. The average Bonchev–Trinajstić information content (AvgIpc) is 3.28. The molecule has 0 amide bonds. The van der Waals surface area contributed by atoms with Crippen LogP contribution < -0.4 is 0 Å². The van der Waals surface area contributed by atoms with E-state index in [0.29, 0.717) is 26.4 Å². The summed E-state index contributed by atoms with van der Waals surface area (Å²) in [5, 5.41) is 0. The molecule has 6 nitrogen and oxygen atoms in total. The first-order chi connectivity index (χ1) is 17.3. The molecule has 1 aliphatic carbocycles. The van der Waals surface area contributed by atoms with E-state index in [4.69, 9.17) is 22.6 Å². The van der Waals surface area contributed by atoms with Gasteiger partial charge in [0.1, 0.15) is 24.4 Å². The Labute approximate surface area is 208 Å². The van der Waals surface area contributed by atoms with Crippen LogP contribution in [-0.4, -0.2) is 35.2 Å². The van der Waals surface area contributed by atoms with Crippen LogP contribution in [0.25, 0.3) is 0 Å². The number of ether oxygens (including phenoxy) is 3. The second-order valence-electron chi connectivity index (χ2n) is 8.52. The van der Waals surface area contributed by atoms with Gasteiger partial charge in [-0.05, 0) is 28.3 Å². The topological polar surface area (TPSA) is 63.2 Å². The van der Waals surface area contributed by atoms with Gasteiger partial charge in [0.15, 0.2) is 0 Å². The highest BCUT2D eigenvalue weighted by Gasteiger charge is 2.49. The van der Waals surface area contributed by atoms with Crippen LogP contribution in [0.4, 0.5) is 0 Å². The lowest BCUT2D eigenvalue weighted by Gasteiger charge is -2.37. The Morgan fingerprint density at radius 2 is 1.20 bits per heavy atom. The Bertz CT molecular complexity index is 1120. The summed E-state index contributed by atoms with van der Waals surface area (Å²) in [6.45, 7) is 1.57. The summed E-state index contributed by atoms with van der Waals surface area (Å²) in [6.07, 6.45) is -0.0921. The standard InChI is InChI=1S/C28H28O6S/c29-35-33-25-16-24(20-30-17-21-10-4-1-5-11-21)26(31-18-22-12-6-2-7-13-22)28(27(25)34-35)32-19-23-14-8-3-9-15-23/h1-16,25-28H,17-20H2/t25-,26-,27-,28+,35?/m1/s1. The van der Waals surface area contributed by atoms with Crippen molar-refractivity contribution in [3.05, 3.63) is 119 Å². The summed E-state index contributed by atoms with van der Waals surface area (Å²) in [5.74, 6) is 0. The van der Waals surface area contributed by atoms with Crippen molar-refractivity contribution in [1.29, 1.82) is 0 Å². The molecule has 3 aromatic rings. The van der Waals surface area contributed by atoms with Crippen molar-refractivity contribution in [1.82, 2.24) is 0 Å². The number of fused-ring (bicyclic) bond motifs is 1. The zero-order valence-electron chi connectivity index (χ0n) is 19.2. The maximum atomic E-state index is 12.1. The monoisotopic (exact) mass is 492 g/mol. The van der Waals surface area contributed by atoms with E-state index in [1.807, 2.05) is 97.1 Å². The van der Waals surface area contributed by atoms with Crippen LogP contribution >= 0.6 is 0 Å². The van der Waals surface area contributed by atoms with Crippen molar-refractivity contribution in [3.8, 4) is 0 Å². The fraction of sp³-hybridized carbons (Fsp3) is 0.286. The molecule has 7 heteroatoms. The molecule has 0 bridgehead atoms. The average molecular weight is 493 g/mol. The van der Waals surface area contributed by atoms with Crippen molar-refractivity contribution in [2.75, 3.05) is 6.61 Å². The molecule has 5 rings (SSSR count). The molecule has 3 aromatic carbocycles. The van der Waals surface area contributed by atoms with Gasteiger partial charge in [0, 0.05) is 0 Å². The predicted octanol–water partition coefficient (Wildman–Crippen LogP) is 4.68. The minimum atomic E-state index is -1.84. The zero-order valence-corrected chi connectivity index (χ0v) is 20.0. The van der Waals surface area contributed by atoms with Crippen LogP contribution in [0.3, 0.4) is 0 Å². The third-order valence-electron chi connectivity index (χ3n) is 6.01. The van der Waals surface area contributed by atoms with Gasteiger partial charge >= 0.3 is 11.4 Å². The van der Waals surface area contributed by atoms with Gasteiger partial charge in [-0.25, -0.2) is 0 Å². The molecule has 0 N–H and O–H groups in total. The van der Waals surface area contributed by atoms with Crippen LogP contribution in [-0.2, 0) is 53.8 Å². The lowest BCUT2D eigenvalue weighted by molar-refractivity contribution is -0.124. The first kappa shape index (κ1) is 24.1. The zero-order chi connectivity index (χ0) is 23.9. The van der Waals surface area contributed by atoms with Gasteiger partial charge < -0.3 is 14.2 Å². The van der Waals surface area contributed by atoms with Gasteiger partial charge in [0.05, 0.1) is 26.4 Å². The molecule has 5 atom stereocenters. The number of hydrogen-bond acceptors (Lipinski definition) is 6. The molecule has 0 spiro atoms. The molecule has 1 heterocycles. The Morgan fingerprint density at radius 1 is 0.657 bits per heavy atom. The van der Waals surface area contributed by atoms with Crippen LogP contribution in [0.1, 0.15) is 16.7 Å². The molecule has 0 saturated carbocycles. The third kappa shape index (κ3) is 6.32. The highest BCUT2D eigenvalue weighted by atomic mass is 32.2. The molecule has 0 radical (unpaired) electrons. The van der Waals surface area contributed by atoms with Crippen molar-refractivity contribution in [2.24, 2.45) is 0 Å². The Hall–Kier alpha value is -2.65. The molecular weight excluding hydrogens is 464 g/mol. The second kappa shape index (κ2) is 11.9. The highest BCUT2D eigenvalue weighted by Crippen LogP contribution is 2.35. The number of benzene rings is 3. The quantitative estimate of drug-likeness (QED) is 0.383. The molecule has 2 aliphatic rings. The van der Waals surface area contributed by atoms with Crippen molar-refractivity contribution in [3.63, 3.8) is 0 Å². The number of rotatable bonds is 10. The molecule has 0 aromatic heterocycles. The normalized spacial score (nSPS) is 25.7. The summed E-state index contributed by atoms with van der Waals surface area (Å²) in [6, 6.07) is 29.9. The Balaban J connectivity index is 1.36. The van der Waals surface area contributed by atoms with E-state index in [0.717, 1.165) is 22.3 Å². The lowest BCUT2D eigenvalue weighted by atomic mass is 9.89. The van der Waals surface area contributed by atoms with E-state index in [1.165, 1.54) is 0 Å². The van der Waals surface area contributed by atoms with Crippen LogP contribution in [0.5, 0.6) is 0 Å². The van der Waals surface area contributed by atoms with Gasteiger partial charge in [0.2, 0.25) is 0 Å². The summed E-state index contributed by atoms with van der Waals surface area (Å²) < 4.78 is 42.1. The van der Waals surface area contributed by atoms with Gasteiger partial charge in [-0.2, -0.15) is 4.21 Å². The predicted molar refractivity (Wildman–Crippen MR) is 132 cm³/mol. The Kier molecular flexibility index (Phi) is 8.15. The molecule has 182 valence electrons. The third-order valence-corrected chi connectivity index (χ3v) is 6.77. The second-order valence-corrected chi connectivity index (χ2v) is 9.32. The van der Waals surface area contributed by atoms with Crippen molar-refractivity contribution < 1.29 is 26.8 Å². The van der Waals surface area contributed by atoms with Gasteiger partial charge in [-0.15, -0.1) is 0 Å². The number of hydrogen-bond donors (Lipinski definition) is 0. The van der Waals surface area contributed by atoms with Crippen LogP contribution in [0.2, 0.25) is 0 Å². The smallest absolute Gasteiger partial charge is 0.305 e. The maximum Gasteiger partial charge on any atom is 0.305 e. The first-order valence-corrected chi connectivity index (χ1v) is 12.7. The van der Waals surface area contributed by atoms with E-state index in [9.17, 15) is 4.21 Å². The van der Waals surface area contributed by atoms with Gasteiger partial charge in [-0.1, -0.05) is 91.0 Å². The molecular formula is C28H28O6S. The van der Waals surface area contributed by atoms with Gasteiger partial charge in [0.25, 0.3) is 0 Å². The summed E-state index contributed by atoms with van der Waals surface area (Å²) >= 11 is -1.84. The van der Waals surface area contributed by atoms with E-state index in [-0.39, 0.29) is 0 Å². The molecule has 1 fully saturated rings. The van der Waals surface area contributed by atoms with Gasteiger partial charge in [-0.3, -0.25) is 8.37 Å². The summed E-state index contributed by atoms with van der Waals surface area (Å²) in [7, 11) is 0. The molecule has 1 unspecified atom stereocenters. The molecule has 35 heavy (non-hydrogen) atoms. The minimum Gasteiger partial charge on any atom is -0.372 e. The largest absolute Gasteiger partial charge is 0.372 e. The van der Waals surface area contributed by atoms with E-state index >= 15 is 0 Å². The Morgan fingerprint density at radius 3 is 1.80 bits per heavy atom. The van der Waals surface area contributed by atoms with Crippen LogP contribution in [0, 0.1) is 0 Å². The SMILES string of the molecule is O=S1O[C@H]2[C@@H](OCc3ccccc3)[C@H](OCc3ccccc3)C(COCc3ccccc3)=C[C@H]2O1. The highest BCUT2D eigenvalue weighted by molar-refractivity contribution is 7.75. The van der Waals surface area contributed by atoms with E-state index in [1.54, 1.807) is 0 Å². The van der Waals surface area contributed by atoms with Crippen LogP contribution in [0.15, 0.2) is 103 Å². The molecule has 1 aliphatic heterocycles. The van der Waals surface area contributed by atoms with Crippen molar-refractivity contribution >= 4 is 11.4 Å². The summed E-state index contributed by atoms with van der Waals surface area (Å²) in [5.41, 5.74) is 4.05. The fourth-order valence-corrected chi connectivity index (χ4v) is 5.06.